The third kappa shape index (κ3) is 2.04. The largest absolute Gasteiger partial charge is 0.493 e. The van der Waals surface area contributed by atoms with E-state index >= 15 is 0 Å². The second-order valence-corrected chi connectivity index (χ2v) is 3.37. The molecule has 18 heavy (non-hydrogen) atoms. The van der Waals surface area contributed by atoms with Crippen molar-refractivity contribution in [1.82, 2.24) is 15.2 Å². The topological polar surface area (TPSA) is 66.4 Å². The summed E-state index contributed by atoms with van der Waals surface area (Å²) in [6.45, 7) is 0. The van der Waals surface area contributed by atoms with E-state index in [1.54, 1.807) is 33.6 Å². The molecule has 1 aromatic heterocycles. The third-order valence-corrected chi connectivity index (χ3v) is 2.48. The minimum absolute atomic E-state index is 0.524. The highest BCUT2D eigenvalue weighted by molar-refractivity contribution is 5.73. The summed E-state index contributed by atoms with van der Waals surface area (Å²) < 4.78 is 15.9. The van der Waals surface area contributed by atoms with Gasteiger partial charge in [0.25, 0.3) is 0 Å². The van der Waals surface area contributed by atoms with E-state index in [1.807, 2.05) is 6.07 Å². The van der Waals surface area contributed by atoms with Crippen molar-refractivity contribution in [2.75, 3.05) is 21.3 Å². The van der Waals surface area contributed by atoms with Gasteiger partial charge in [0.15, 0.2) is 11.5 Å². The van der Waals surface area contributed by atoms with Crippen LogP contribution in [0.2, 0.25) is 0 Å². The number of benzene rings is 1. The van der Waals surface area contributed by atoms with Gasteiger partial charge >= 0.3 is 0 Å². The standard InChI is InChI=1S/C12H13N3O3/c1-16-10-5-4-8(9-6-14-15-7-13-9)11(17-2)12(10)18-3/h4-7H,1-3H3. The summed E-state index contributed by atoms with van der Waals surface area (Å²) in [5.74, 6) is 1.67. The zero-order valence-corrected chi connectivity index (χ0v) is 10.4. The fourth-order valence-corrected chi connectivity index (χ4v) is 1.68. The van der Waals surface area contributed by atoms with Gasteiger partial charge in [-0.1, -0.05) is 0 Å². The maximum absolute atomic E-state index is 5.37. The maximum Gasteiger partial charge on any atom is 0.203 e. The molecule has 0 bridgehead atoms. The van der Waals surface area contributed by atoms with E-state index in [4.69, 9.17) is 14.2 Å². The molecule has 2 rings (SSSR count). The summed E-state index contributed by atoms with van der Waals surface area (Å²) in [5.41, 5.74) is 1.42. The lowest BCUT2D eigenvalue weighted by Gasteiger charge is -2.14. The van der Waals surface area contributed by atoms with Crippen molar-refractivity contribution < 1.29 is 14.2 Å². The SMILES string of the molecule is COc1ccc(-c2cnncn2)c(OC)c1OC. The number of methoxy groups -OCH3 is 3. The van der Waals surface area contributed by atoms with Crippen molar-refractivity contribution in [3.63, 3.8) is 0 Å². The van der Waals surface area contributed by atoms with Gasteiger partial charge in [-0.05, 0) is 12.1 Å². The van der Waals surface area contributed by atoms with Crippen molar-refractivity contribution in [2.45, 2.75) is 0 Å². The van der Waals surface area contributed by atoms with Crippen LogP contribution >= 0.6 is 0 Å². The monoisotopic (exact) mass is 247 g/mol. The fraction of sp³-hybridized carbons (Fsp3) is 0.250. The normalized spacial score (nSPS) is 9.94. The molecular weight excluding hydrogens is 234 g/mol. The fourth-order valence-electron chi connectivity index (χ4n) is 1.68. The molecule has 6 heteroatoms. The first kappa shape index (κ1) is 12.1. The Hall–Kier alpha value is -2.37. The Bertz CT molecular complexity index is 532. The predicted molar refractivity (Wildman–Crippen MR) is 64.9 cm³/mol. The third-order valence-electron chi connectivity index (χ3n) is 2.48. The summed E-state index contributed by atoms with van der Waals surface area (Å²) in [7, 11) is 4.70. The maximum atomic E-state index is 5.37. The first-order valence-corrected chi connectivity index (χ1v) is 5.23. The molecule has 0 aliphatic carbocycles. The van der Waals surface area contributed by atoms with Crippen LogP contribution in [0, 0.1) is 0 Å². The zero-order chi connectivity index (χ0) is 13.0. The van der Waals surface area contributed by atoms with Crippen LogP contribution in [0.5, 0.6) is 17.2 Å². The molecule has 0 atom stereocenters. The van der Waals surface area contributed by atoms with Crippen LogP contribution in [0.3, 0.4) is 0 Å². The van der Waals surface area contributed by atoms with E-state index in [0.29, 0.717) is 22.9 Å². The van der Waals surface area contributed by atoms with Crippen LogP contribution in [0.15, 0.2) is 24.7 Å². The second-order valence-electron chi connectivity index (χ2n) is 3.37. The van der Waals surface area contributed by atoms with Gasteiger partial charge in [0, 0.05) is 5.56 Å². The molecule has 0 amide bonds. The molecule has 0 saturated heterocycles. The first-order chi connectivity index (χ1) is 8.81. The van der Waals surface area contributed by atoms with Crippen molar-refractivity contribution in [3.8, 4) is 28.5 Å². The molecule has 0 unspecified atom stereocenters. The molecule has 0 radical (unpaired) electrons. The van der Waals surface area contributed by atoms with Crippen LogP contribution in [0.1, 0.15) is 0 Å². The summed E-state index contributed by atoms with van der Waals surface area (Å²) in [6.07, 6.45) is 2.94. The van der Waals surface area contributed by atoms with Gasteiger partial charge in [-0.25, -0.2) is 4.98 Å². The lowest BCUT2D eigenvalue weighted by atomic mass is 10.1. The predicted octanol–water partition coefficient (Wildman–Crippen LogP) is 1.56. The molecular formula is C12H13N3O3. The molecule has 0 aliphatic heterocycles. The van der Waals surface area contributed by atoms with Crippen LogP contribution in [0.25, 0.3) is 11.3 Å². The Balaban J connectivity index is 2.62. The van der Waals surface area contributed by atoms with Crippen molar-refractivity contribution in [2.24, 2.45) is 0 Å². The van der Waals surface area contributed by atoms with E-state index in [-0.39, 0.29) is 0 Å². The van der Waals surface area contributed by atoms with Gasteiger partial charge in [0.1, 0.15) is 6.33 Å². The highest BCUT2D eigenvalue weighted by Crippen LogP contribution is 2.43. The Morgan fingerprint density at radius 2 is 1.67 bits per heavy atom. The Morgan fingerprint density at radius 1 is 0.889 bits per heavy atom. The van der Waals surface area contributed by atoms with Gasteiger partial charge in [-0.15, -0.1) is 5.10 Å². The average molecular weight is 247 g/mol. The molecule has 6 nitrogen and oxygen atoms in total. The molecule has 2 aromatic rings. The van der Waals surface area contributed by atoms with Crippen LogP contribution in [-0.2, 0) is 0 Å². The molecule has 94 valence electrons. The number of ether oxygens (including phenoxy) is 3. The van der Waals surface area contributed by atoms with Gasteiger partial charge in [-0.3, -0.25) is 0 Å². The Kier molecular flexibility index (Phi) is 3.57. The summed E-state index contributed by atoms with van der Waals surface area (Å²) in [4.78, 5) is 4.14. The van der Waals surface area contributed by atoms with E-state index in [2.05, 4.69) is 15.2 Å². The van der Waals surface area contributed by atoms with E-state index < -0.39 is 0 Å². The van der Waals surface area contributed by atoms with Gasteiger partial charge < -0.3 is 14.2 Å². The number of hydrogen-bond donors (Lipinski definition) is 0. The van der Waals surface area contributed by atoms with Crippen LogP contribution in [-0.4, -0.2) is 36.5 Å². The summed E-state index contributed by atoms with van der Waals surface area (Å²) in [6, 6.07) is 3.63. The number of nitrogens with zero attached hydrogens (tertiary/aromatic N) is 3. The molecule has 1 heterocycles. The smallest absolute Gasteiger partial charge is 0.203 e. The van der Waals surface area contributed by atoms with Crippen LogP contribution < -0.4 is 14.2 Å². The van der Waals surface area contributed by atoms with E-state index in [1.165, 1.54) is 6.33 Å². The van der Waals surface area contributed by atoms with Crippen molar-refractivity contribution in [1.29, 1.82) is 0 Å². The second kappa shape index (κ2) is 5.31. The summed E-state index contributed by atoms with van der Waals surface area (Å²) in [5, 5.41) is 7.44. The number of hydrogen-bond acceptors (Lipinski definition) is 6. The molecule has 1 aromatic carbocycles. The highest BCUT2D eigenvalue weighted by atomic mass is 16.5. The quantitative estimate of drug-likeness (QED) is 0.816. The van der Waals surface area contributed by atoms with Gasteiger partial charge in [0.05, 0.1) is 33.2 Å². The first-order valence-electron chi connectivity index (χ1n) is 5.23. The Labute approximate surface area is 105 Å². The molecule has 0 fully saturated rings. The highest BCUT2D eigenvalue weighted by Gasteiger charge is 2.17. The Morgan fingerprint density at radius 3 is 2.22 bits per heavy atom. The van der Waals surface area contributed by atoms with Gasteiger partial charge in [0.2, 0.25) is 5.75 Å². The van der Waals surface area contributed by atoms with E-state index in [0.717, 1.165) is 5.56 Å². The minimum Gasteiger partial charge on any atom is -0.493 e. The minimum atomic E-state index is 0.524. The van der Waals surface area contributed by atoms with Crippen LogP contribution in [0.4, 0.5) is 0 Å². The lowest BCUT2D eigenvalue weighted by Crippen LogP contribution is -1.98. The van der Waals surface area contributed by atoms with Crippen molar-refractivity contribution in [3.05, 3.63) is 24.7 Å². The average Bonchev–Trinajstić information content (AvgIpc) is 2.46. The molecule has 0 N–H and O–H groups in total. The number of rotatable bonds is 4. The zero-order valence-electron chi connectivity index (χ0n) is 10.4. The number of aromatic nitrogens is 3. The molecule has 0 saturated carbocycles. The van der Waals surface area contributed by atoms with Crippen molar-refractivity contribution >= 4 is 0 Å². The van der Waals surface area contributed by atoms with E-state index in [9.17, 15) is 0 Å². The van der Waals surface area contributed by atoms with Gasteiger partial charge in [-0.2, -0.15) is 5.10 Å². The molecule has 0 spiro atoms. The molecule has 0 aliphatic rings. The summed E-state index contributed by atoms with van der Waals surface area (Å²) >= 11 is 0. The lowest BCUT2D eigenvalue weighted by molar-refractivity contribution is 0.325.